The first-order valence-corrected chi connectivity index (χ1v) is 8.73. The van der Waals surface area contributed by atoms with Crippen LogP contribution >= 0.6 is 0 Å². The van der Waals surface area contributed by atoms with Gasteiger partial charge in [0, 0.05) is 11.8 Å². The Morgan fingerprint density at radius 3 is 2.18 bits per heavy atom. The van der Waals surface area contributed by atoms with Gasteiger partial charge in [0.05, 0.1) is 0 Å². The summed E-state index contributed by atoms with van der Waals surface area (Å²) in [5.74, 6) is 0.860. The summed E-state index contributed by atoms with van der Waals surface area (Å²) in [6.07, 6.45) is 13.4. The van der Waals surface area contributed by atoms with Crippen molar-refractivity contribution >= 4 is 5.78 Å². The van der Waals surface area contributed by atoms with Gasteiger partial charge in [-0.05, 0) is 65.7 Å². The third-order valence-corrected chi connectivity index (χ3v) is 4.94. The van der Waals surface area contributed by atoms with Gasteiger partial charge in [-0.3, -0.25) is 4.79 Å². The first-order chi connectivity index (χ1) is 10.2. The van der Waals surface area contributed by atoms with Crippen LogP contribution in [0.25, 0.3) is 0 Å². The van der Waals surface area contributed by atoms with Crippen molar-refractivity contribution in [2.75, 3.05) is 0 Å². The van der Waals surface area contributed by atoms with Gasteiger partial charge >= 0.3 is 0 Å². The summed E-state index contributed by atoms with van der Waals surface area (Å²) < 4.78 is 0. The van der Waals surface area contributed by atoms with Crippen molar-refractivity contribution in [3.05, 3.63) is 34.9 Å². The van der Waals surface area contributed by atoms with Gasteiger partial charge in [0.25, 0.3) is 0 Å². The first kappa shape index (κ1) is 18.9. The number of allylic oxidation sites excluding steroid dienone is 6. The number of hydrogen-bond acceptors (Lipinski definition) is 1. The maximum absolute atomic E-state index is 11.9. The number of hydrogen-bond donors (Lipinski definition) is 0. The average molecular weight is 303 g/mol. The van der Waals surface area contributed by atoms with E-state index in [1.54, 1.807) is 0 Å². The molecule has 1 nitrogen and oxygen atoms in total. The highest BCUT2D eigenvalue weighted by molar-refractivity contribution is 5.86. The summed E-state index contributed by atoms with van der Waals surface area (Å²) in [4.78, 5) is 11.9. The molecule has 0 aliphatic heterocycles. The predicted molar refractivity (Wildman–Crippen MR) is 96.9 cm³/mol. The van der Waals surface area contributed by atoms with E-state index in [0.29, 0.717) is 11.7 Å². The normalized spacial score (nSPS) is 22.1. The summed E-state index contributed by atoms with van der Waals surface area (Å²) in [7, 11) is 0. The molecule has 1 atom stereocenters. The average Bonchev–Trinajstić information content (AvgIpc) is 2.65. The molecule has 1 heteroatoms. The van der Waals surface area contributed by atoms with E-state index in [1.807, 2.05) is 0 Å². The van der Waals surface area contributed by atoms with Gasteiger partial charge < -0.3 is 0 Å². The highest BCUT2D eigenvalue weighted by Gasteiger charge is 2.40. The van der Waals surface area contributed by atoms with Gasteiger partial charge in [0.2, 0.25) is 0 Å². The van der Waals surface area contributed by atoms with E-state index >= 15 is 0 Å². The van der Waals surface area contributed by atoms with Crippen LogP contribution < -0.4 is 0 Å². The van der Waals surface area contributed by atoms with Crippen molar-refractivity contribution in [1.82, 2.24) is 0 Å². The van der Waals surface area contributed by atoms with E-state index < -0.39 is 0 Å². The zero-order valence-corrected chi connectivity index (χ0v) is 15.5. The van der Waals surface area contributed by atoms with Gasteiger partial charge in [0.1, 0.15) is 5.78 Å². The maximum atomic E-state index is 11.9. The summed E-state index contributed by atoms with van der Waals surface area (Å²) in [6.45, 7) is 13.0. The minimum absolute atomic E-state index is 0.155. The van der Waals surface area contributed by atoms with E-state index in [0.717, 1.165) is 38.5 Å². The molecule has 0 amide bonds. The summed E-state index contributed by atoms with van der Waals surface area (Å²) in [5.41, 5.74) is 4.17. The Kier molecular flexibility index (Phi) is 7.32. The fourth-order valence-electron chi connectivity index (χ4n) is 3.13. The zero-order chi connectivity index (χ0) is 16.8. The number of carbonyl (C=O) groups excluding carboxylic acids is 1. The molecule has 0 heterocycles. The zero-order valence-electron chi connectivity index (χ0n) is 15.5. The molecule has 1 saturated carbocycles. The van der Waals surface area contributed by atoms with E-state index in [-0.39, 0.29) is 5.41 Å². The van der Waals surface area contributed by atoms with Crippen LogP contribution in [-0.4, -0.2) is 5.78 Å². The second-order valence-corrected chi connectivity index (χ2v) is 7.71. The Labute approximate surface area is 137 Å². The van der Waals surface area contributed by atoms with E-state index in [4.69, 9.17) is 0 Å². The molecule has 1 aliphatic carbocycles. The van der Waals surface area contributed by atoms with Crippen LogP contribution in [-0.2, 0) is 4.79 Å². The lowest BCUT2D eigenvalue weighted by Crippen LogP contribution is -2.23. The Balaban J connectivity index is 2.42. The standard InChI is InChI=1S/C21H34O/c1-16(2)9-7-10-17(3)11-8-12-18(4)15-19-13-14-20(22)21(19,5)6/h9,11,15,19H,7-8,10,12-14H2,1-6H3. The monoisotopic (exact) mass is 302 g/mol. The summed E-state index contributed by atoms with van der Waals surface area (Å²) in [5, 5.41) is 0. The molecule has 1 unspecified atom stereocenters. The van der Waals surface area contributed by atoms with Crippen LogP contribution in [0.2, 0.25) is 0 Å². The van der Waals surface area contributed by atoms with Crippen LogP contribution in [0.1, 0.15) is 80.1 Å². The molecule has 22 heavy (non-hydrogen) atoms. The lowest BCUT2D eigenvalue weighted by Gasteiger charge is -2.23. The molecule has 0 aromatic heterocycles. The molecule has 124 valence electrons. The molecular formula is C21H34O. The lowest BCUT2D eigenvalue weighted by molar-refractivity contribution is -0.124. The number of ketones is 1. The SMILES string of the molecule is CC(C)=CCCC(C)=CCCC(C)=CC1CCC(=O)C1(C)C. The summed E-state index contributed by atoms with van der Waals surface area (Å²) in [6, 6.07) is 0. The van der Waals surface area contributed by atoms with Gasteiger partial charge in [-0.2, -0.15) is 0 Å². The van der Waals surface area contributed by atoms with E-state index in [1.165, 1.54) is 16.7 Å². The highest BCUT2D eigenvalue weighted by atomic mass is 16.1. The Bertz CT molecular complexity index is 470. The van der Waals surface area contributed by atoms with Gasteiger partial charge in [-0.1, -0.05) is 48.8 Å². The third kappa shape index (κ3) is 5.94. The van der Waals surface area contributed by atoms with E-state index in [9.17, 15) is 4.79 Å². The Hall–Kier alpha value is -1.11. The van der Waals surface area contributed by atoms with Crippen molar-refractivity contribution in [2.45, 2.75) is 80.1 Å². The third-order valence-electron chi connectivity index (χ3n) is 4.94. The largest absolute Gasteiger partial charge is 0.299 e. The minimum Gasteiger partial charge on any atom is -0.299 e. The van der Waals surface area contributed by atoms with Crippen molar-refractivity contribution in [1.29, 1.82) is 0 Å². The quantitative estimate of drug-likeness (QED) is 0.496. The van der Waals surface area contributed by atoms with Gasteiger partial charge in [0.15, 0.2) is 0 Å². The van der Waals surface area contributed by atoms with Crippen LogP contribution in [0, 0.1) is 11.3 Å². The topological polar surface area (TPSA) is 17.1 Å². The molecule has 0 N–H and O–H groups in total. The number of Topliss-reactive ketones (excluding diaryl/α,β-unsaturated/α-hetero) is 1. The number of rotatable bonds is 7. The molecule has 1 rings (SSSR count). The molecule has 1 fully saturated rings. The molecule has 0 spiro atoms. The van der Waals surface area contributed by atoms with Crippen LogP contribution in [0.4, 0.5) is 0 Å². The van der Waals surface area contributed by atoms with Gasteiger partial charge in [-0.15, -0.1) is 0 Å². The Morgan fingerprint density at radius 2 is 1.64 bits per heavy atom. The van der Waals surface area contributed by atoms with Crippen LogP contribution in [0.15, 0.2) is 34.9 Å². The molecule has 0 bridgehead atoms. The van der Waals surface area contributed by atoms with Gasteiger partial charge in [-0.25, -0.2) is 0 Å². The lowest BCUT2D eigenvalue weighted by atomic mass is 9.80. The first-order valence-electron chi connectivity index (χ1n) is 8.73. The fraction of sp³-hybridized carbons (Fsp3) is 0.667. The molecule has 0 aromatic rings. The van der Waals surface area contributed by atoms with Crippen molar-refractivity contribution in [2.24, 2.45) is 11.3 Å². The molecular weight excluding hydrogens is 268 g/mol. The molecule has 0 radical (unpaired) electrons. The molecule has 0 aromatic carbocycles. The molecule has 0 saturated heterocycles. The molecule has 1 aliphatic rings. The smallest absolute Gasteiger partial charge is 0.139 e. The van der Waals surface area contributed by atoms with Crippen molar-refractivity contribution in [3.8, 4) is 0 Å². The second kappa shape index (κ2) is 8.50. The highest BCUT2D eigenvalue weighted by Crippen LogP contribution is 2.41. The van der Waals surface area contributed by atoms with Crippen molar-refractivity contribution in [3.63, 3.8) is 0 Å². The summed E-state index contributed by atoms with van der Waals surface area (Å²) >= 11 is 0. The Morgan fingerprint density at radius 1 is 1.05 bits per heavy atom. The maximum Gasteiger partial charge on any atom is 0.139 e. The van der Waals surface area contributed by atoms with E-state index in [2.05, 4.69) is 59.8 Å². The number of carbonyl (C=O) groups is 1. The predicted octanol–water partition coefficient (Wildman–Crippen LogP) is 6.41. The second-order valence-electron chi connectivity index (χ2n) is 7.71. The fourth-order valence-corrected chi connectivity index (χ4v) is 3.13. The van der Waals surface area contributed by atoms with Crippen molar-refractivity contribution < 1.29 is 4.79 Å². The minimum atomic E-state index is -0.155. The van der Waals surface area contributed by atoms with Crippen LogP contribution in [0.3, 0.4) is 0 Å². The van der Waals surface area contributed by atoms with Crippen LogP contribution in [0.5, 0.6) is 0 Å².